The van der Waals surface area contributed by atoms with Crippen LogP contribution in [0.3, 0.4) is 0 Å². The van der Waals surface area contributed by atoms with Crippen LogP contribution in [0.5, 0.6) is 0 Å². The lowest BCUT2D eigenvalue weighted by Gasteiger charge is -2.11. The number of nitrogens with one attached hydrogen (secondary N) is 1. The van der Waals surface area contributed by atoms with E-state index in [9.17, 15) is 0 Å². The average molecular weight is 252 g/mol. The number of hydrogen-bond donors (Lipinski definition) is 1. The van der Waals surface area contributed by atoms with Crippen molar-refractivity contribution >= 4 is 17.1 Å². The quantitative estimate of drug-likeness (QED) is 0.761. The molecule has 0 saturated heterocycles. The maximum absolute atomic E-state index is 5.63. The zero-order chi connectivity index (χ0) is 13.1. The Balaban J connectivity index is 1.69. The summed E-state index contributed by atoms with van der Waals surface area (Å²) in [5.74, 6) is 0.413. The molecular weight excluding hydrogens is 236 g/mol. The van der Waals surface area contributed by atoms with Crippen molar-refractivity contribution in [1.82, 2.24) is 4.98 Å². The minimum Gasteiger partial charge on any atom is -0.424 e. The van der Waals surface area contributed by atoms with E-state index in [-0.39, 0.29) is 0 Å². The first-order valence-electron chi connectivity index (χ1n) is 6.47. The molecule has 0 amide bonds. The smallest absolute Gasteiger partial charge is 0.295 e. The predicted molar refractivity (Wildman–Crippen MR) is 77.4 cm³/mol. The highest BCUT2D eigenvalue weighted by molar-refractivity contribution is 5.74. The van der Waals surface area contributed by atoms with Gasteiger partial charge in [-0.05, 0) is 23.6 Å². The van der Waals surface area contributed by atoms with E-state index in [0.717, 1.165) is 17.6 Å². The molecule has 0 fully saturated rings. The monoisotopic (exact) mass is 252 g/mol. The van der Waals surface area contributed by atoms with Crippen molar-refractivity contribution in [3.05, 3.63) is 60.2 Å². The van der Waals surface area contributed by atoms with Crippen LogP contribution in [-0.2, 0) is 0 Å². The third-order valence-electron chi connectivity index (χ3n) is 3.22. The van der Waals surface area contributed by atoms with Gasteiger partial charge in [0, 0.05) is 6.54 Å². The van der Waals surface area contributed by atoms with E-state index in [2.05, 4.69) is 41.5 Å². The highest BCUT2D eigenvalue weighted by Crippen LogP contribution is 2.20. The predicted octanol–water partition coefficient (Wildman–Crippen LogP) is 4.04. The van der Waals surface area contributed by atoms with Crippen LogP contribution in [0, 0.1) is 0 Å². The third kappa shape index (κ3) is 2.60. The second-order valence-corrected chi connectivity index (χ2v) is 4.68. The van der Waals surface area contributed by atoms with Crippen molar-refractivity contribution < 1.29 is 4.42 Å². The molecule has 0 aliphatic rings. The second-order valence-electron chi connectivity index (χ2n) is 4.68. The molecule has 1 heterocycles. The molecule has 0 aliphatic carbocycles. The molecule has 3 heteroatoms. The Bertz CT molecular complexity index is 628. The van der Waals surface area contributed by atoms with E-state index in [1.165, 1.54) is 5.56 Å². The Morgan fingerprint density at radius 2 is 1.79 bits per heavy atom. The zero-order valence-electron chi connectivity index (χ0n) is 10.8. The van der Waals surface area contributed by atoms with Crippen LogP contribution >= 0.6 is 0 Å². The largest absolute Gasteiger partial charge is 0.424 e. The van der Waals surface area contributed by atoms with E-state index >= 15 is 0 Å². The van der Waals surface area contributed by atoms with Crippen LogP contribution < -0.4 is 5.32 Å². The summed E-state index contributed by atoms with van der Waals surface area (Å²) in [7, 11) is 0. The van der Waals surface area contributed by atoms with E-state index < -0.39 is 0 Å². The van der Waals surface area contributed by atoms with Gasteiger partial charge in [-0.25, -0.2) is 0 Å². The fourth-order valence-corrected chi connectivity index (χ4v) is 2.09. The summed E-state index contributed by atoms with van der Waals surface area (Å²) in [6.45, 7) is 2.99. The van der Waals surface area contributed by atoms with Crippen LogP contribution in [-0.4, -0.2) is 11.5 Å². The molecule has 3 rings (SSSR count). The van der Waals surface area contributed by atoms with Crippen molar-refractivity contribution in [3.8, 4) is 0 Å². The number of para-hydroxylation sites is 2. The van der Waals surface area contributed by atoms with Crippen LogP contribution in [0.1, 0.15) is 18.4 Å². The molecule has 0 radical (unpaired) electrons. The molecule has 3 nitrogen and oxygen atoms in total. The molecule has 96 valence electrons. The molecule has 0 aliphatic heterocycles. The number of nitrogens with zero attached hydrogens (tertiary/aromatic N) is 1. The summed E-state index contributed by atoms with van der Waals surface area (Å²) in [5, 5.41) is 3.25. The summed E-state index contributed by atoms with van der Waals surface area (Å²) >= 11 is 0. The second kappa shape index (κ2) is 5.14. The van der Waals surface area contributed by atoms with Crippen LogP contribution in [0.2, 0.25) is 0 Å². The topological polar surface area (TPSA) is 38.1 Å². The molecule has 2 aromatic carbocycles. The van der Waals surface area contributed by atoms with E-state index in [1.54, 1.807) is 0 Å². The molecule has 3 aromatic rings. The molecular formula is C16H16N2O. The van der Waals surface area contributed by atoms with E-state index in [4.69, 9.17) is 4.42 Å². The first-order valence-corrected chi connectivity index (χ1v) is 6.47. The summed E-state index contributed by atoms with van der Waals surface area (Å²) in [4.78, 5) is 4.40. The third-order valence-corrected chi connectivity index (χ3v) is 3.22. The molecule has 1 N–H and O–H groups in total. The van der Waals surface area contributed by atoms with E-state index in [1.807, 2.05) is 30.3 Å². The lowest BCUT2D eigenvalue weighted by molar-refractivity contribution is 0.609. The van der Waals surface area contributed by atoms with Crippen LogP contribution in [0.25, 0.3) is 11.1 Å². The van der Waals surface area contributed by atoms with Gasteiger partial charge in [-0.1, -0.05) is 49.4 Å². The highest BCUT2D eigenvalue weighted by Gasteiger charge is 2.08. The molecule has 1 unspecified atom stereocenters. The van der Waals surface area contributed by atoms with Crippen LogP contribution in [0.15, 0.2) is 59.0 Å². The first-order chi connectivity index (χ1) is 9.33. The number of oxazole rings is 1. The van der Waals surface area contributed by atoms with E-state index in [0.29, 0.717) is 11.9 Å². The molecule has 0 saturated carbocycles. The maximum atomic E-state index is 5.63. The lowest BCUT2D eigenvalue weighted by atomic mass is 10.0. The molecule has 19 heavy (non-hydrogen) atoms. The number of fused-ring (bicyclic) bond motifs is 1. The minimum atomic E-state index is 0.413. The highest BCUT2D eigenvalue weighted by atomic mass is 16.4. The Kier molecular flexibility index (Phi) is 3.19. The summed E-state index contributed by atoms with van der Waals surface area (Å²) in [5.41, 5.74) is 3.01. The van der Waals surface area contributed by atoms with Crippen molar-refractivity contribution in [2.24, 2.45) is 0 Å². The lowest BCUT2D eigenvalue weighted by Crippen LogP contribution is -2.09. The number of anilines is 1. The summed E-state index contributed by atoms with van der Waals surface area (Å²) in [6, 6.07) is 18.8. The Hall–Kier alpha value is -2.29. The molecule has 1 aromatic heterocycles. The average Bonchev–Trinajstić information content (AvgIpc) is 2.88. The van der Waals surface area contributed by atoms with Gasteiger partial charge < -0.3 is 9.73 Å². The van der Waals surface area contributed by atoms with Crippen molar-refractivity contribution in [2.45, 2.75) is 12.8 Å². The van der Waals surface area contributed by atoms with Gasteiger partial charge in [0.05, 0.1) is 0 Å². The van der Waals surface area contributed by atoms with Gasteiger partial charge in [0.25, 0.3) is 6.01 Å². The van der Waals surface area contributed by atoms with Gasteiger partial charge in [0.1, 0.15) is 5.52 Å². The molecule has 0 spiro atoms. The standard InChI is InChI=1S/C16H16N2O/c1-12(13-7-3-2-4-8-13)11-17-16-18-14-9-5-6-10-15(14)19-16/h2-10,12H,11H2,1H3,(H,17,18). The Morgan fingerprint density at radius 3 is 2.58 bits per heavy atom. The fourth-order valence-electron chi connectivity index (χ4n) is 2.09. The van der Waals surface area contributed by atoms with Crippen molar-refractivity contribution in [2.75, 3.05) is 11.9 Å². The summed E-state index contributed by atoms with van der Waals surface area (Å²) in [6.07, 6.45) is 0. The SMILES string of the molecule is CC(CNc1nc2ccccc2o1)c1ccccc1. The molecule has 0 bridgehead atoms. The fraction of sp³-hybridized carbons (Fsp3) is 0.188. The first kappa shape index (κ1) is 11.8. The zero-order valence-corrected chi connectivity index (χ0v) is 10.8. The number of benzene rings is 2. The number of aromatic nitrogens is 1. The molecule has 1 atom stereocenters. The van der Waals surface area contributed by atoms with Gasteiger partial charge in [-0.15, -0.1) is 0 Å². The Labute approximate surface area is 112 Å². The number of rotatable bonds is 4. The van der Waals surface area contributed by atoms with Gasteiger partial charge in [-0.3, -0.25) is 0 Å². The van der Waals surface area contributed by atoms with Crippen molar-refractivity contribution in [3.63, 3.8) is 0 Å². The Morgan fingerprint density at radius 1 is 1.05 bits per heavy atom. The summed E-state index contributed by atoms with van der Waals surface area (Å²) < 4.78 is 5.63. The number of hydrogen-bond acceptors (Lipinski definition) is 3. The van der Waals surface area contributed by atoms with Gasteiger partial charge in [0.15, 0.2) is 5.58 Å². The van der Waals surface area contributed by atoms with Gasteiger partial charge in [-0.2, -0.15) is 4.98 Å². The van der Waals surface area contributed by atoms with Crippen molar-refractivity contribution in [1.29, 1.82) is 0 Å². The normalized spacial score (nSPS) is 12.5. The maximum Gasteiger partial charge on any atom is 0.295 e. The van der Waals surface area contributed by atoms with Gasteiger partial charge >= 0.3 is 0 Å². The minimum absolute atomic E-state index is 0.413. The van der Waals surface area contributed by atoms with Gasteiger partial charge in [0.2, 0.25) is 0 Å². The van der Waals surface area contributed by atoms with Crippen LogP contribution in [0.4, 0.5) is 6.01 Å².